The van der Waals surface area contributed by atoms with E-state index in [0.29, 0.717) is 27.5 Å². The van der Waals surface area contributed by atoms with Gasteiger partial charge in [-0.1, -0.05) is 44.5 Å². The number of halogens is 1. The summed E-state index contributed by atoms with van der Waals surface area (Å²) < 4.78 is 27.8. The SMILES string of the molecule is CC(C)(C)CS(=O)(=O)CC(NC(=O)C=Cc1cc(Cl)ccc1-n1cnnn1)c1cc(-c2ccc(NC(=O)O)cc2)c(=O)[nH]n1. The Morgan fingerprint density at radius 3 is 2.50 bits per heavy atom. The monoisotopic (exact) mass is 640 g/mol. The highest BCUT2D eigenvalue weighted by Gasteiger charge is 2.28. The van der Waals surface area contributed by atoms with Crippen molar-refractivity contribution in [1.82, 2.24) is 35.7 Å². The molecule has 2 aromatic heterocycles. The van der Waals surface area contributed by atoms with Crippen molar-refractivity contribution in [1.29, 1.82) is 0 Å². The van der Waals surface area contributed by atoms with Crippen LogP contribution in [0.2, 0.25) is 5.02 Å². The molecule has 0 aliphatic rings. The van der Waals surface area contributed by atoms with Crippen LogP contribution in [0.25, 0.3) is 22.9 Å². The highest BCUT2D eigenvalue weighted by atomic mass is 35.5. The van der Waals surface area contributed by atoms with Crippen LogP contribution in [-0.4, -0.2) is 67.4 Å². The first-order valence-electron chi connectivity index (χ1n) is 13.1. The van der Waals surface area contributed by atoms with E-state index in [0.717, 1.165) is 0 Å². The fraction of sp³-hybridized carbons (Fsp3) is 0.250. The van der Waals surface area contributed by atoms with E-state index < -0.39 is 44.6 Å². The minimum absolute atomic E-state index is 0.101. The topological polar surface area (TPSA) is 202 Å². The quantitative estimate of drug-likeness (QED) is 0.186. The van der Waals surface area contributed by atoms with Crippen molar-refractivity contribution in [3.8, 4) is 16.8 Å². The van der Waals surface area contributed by atoms with E-state index in [4.69, 9.17) is 16.7 Å². The van der Waals surface area contributed by atoms with Gasteiger partial charge in [-0.2, -0.15) is 9.78 Å². The number of tetrazole rings is 1. The number of rotatable bonds is 10. The number of hydrogen-bond donors (Lipinski definition) is 4. The van der Waals surface area contributed by atoms with E-state index in [1.807, 2.05) is 0 Å². The van der Waals surface area contributed by atoms with Crippen LogP contribution in [0.5, 0.6) is 0 Å². The van der Waals surface area contributed by atoms with E-state index in [2.05, 4.69) is 36.4 Å². The van der Waals surface area contributed by atoms with E-state index >= 15 is 0 Å². The summed E-state index contributed by atoms with van der Waals surface area (Å²) >= 11 is 6.16. The molecule has 2 amide bonds. The average molecular weight is 641 g/mol. The Balaban J connectivity index is 1.67. The first-order valence-corrected chi connectivity index (χ1v) is 15.3. The van der Waals surface area contributed by atoms with Crippen LogP contribution in [-0.2, 0) is 14.6 Å². The molecule has 4 N–H and O–H groups in total. The summed E-state index contributed by atoms with van der Waals surface area (Å²) in [6.07, 6.45) is 2.83. The van der Waals surface area contributed by atoms with Crippen LogP contribution in [0.1, 0.15) is 38.1 Å². The van der Waals surface area contributed by atoms with Crippen LogP contribution >= 0.6 is 11.6 Å². The summed E-state index contributed by atoms with van der Waals surface area (Å²) in [6.45, 7) is 5.36. The number of sulfone groups is 1. The molecule has 0 fully saturated rings. The molecule has 1 unspecified atom stereocenters. The fourth-order valence-electron chi connectivity index (χ4n) is 4.37. The molecule has 2 aromatic carbocycles. The maximum absolute atomic E-state index is 13.2. The van der Waals surface area contributed by atoms with Gasteiger partial charge in [0.15, 0.2) is 9.84 Å². The zero-order valence-electron chi connectivity index (χ0n) is 23.9. The molecule has 0 radical (unpaired) electrons. The largest absolute Gasteiger partial charge is 0.465 e. The van der Waals surface area contributed by atoms with Crippen molar-refractivity contribution in [2.24, 2.45) is 5.41 Å². The molecule has 4 aromatic rings. The van der Waals surface area contributed by atoms with Crippen LogP contribution in [0.15, 0.2) is 65.7 Å². The molecular formula is C28H29ClN8O6S. The Bertz CT molecular complexity index is 1850. The predicted molar refractivity (Wildman–Crippen MR) is 164 cm³/mol. The van der Waals surface area contributed by atoms with Gasteiger partial charge in [-0.25, -0.2) is 18.3 Å². The van der Waals surface area contributed by atoms with Crippen molar-refractivity contribution in [3.05, 3.63) is 87.6 Å². The number of nitrogens with one attached hydrogen (secondary N) is 3. The van der Waals surface area contributed by atoms with Crippen LogP contribution in [0, 0.1) is 5.41 Å². The smallest absolute Gasteiger partial charge is 0.409 e. The number of anilines is 1. The normalized spacial score (nSPS) is 12.6. The summed E-state index contributed by atoms with van der Waals surface area (Å²) in [4.78, 5) is 36.8. The number of hydrogen-bond acceptors (Lipinski definition) is 9. The molecule has 0 aliphatic carbocycles. The lowest BCUT2D eigenvalue weighted by molar-refractivity contribution is -0.117. The molecule has 4 rings (SSSR count). The first kappa shape index (κ1) is 32.0. The standard InChI is InChI=1S/C28H29ClN8O6S/c1-28(2,3)15-44(42,43)14-23(22-13-21(26(39)34-33-22)17-4-8-20(9-5-17)31-27(40)41)32-25(38)11-6-18-12-19(29)7-10-24(18)37-16-30-35-36-37/h4-13,16,23,31H,14-15H2,1-3H3,(H,32,38)(H,34,39)(H,40,41). The van der Waals surface area contributed by atoms with Gasteiger partial charge in [0.25, 0.3) is 5.56 Å². The third-order valence-corrected chi connectivity index (χ3v) is 8.40. The van der Waals surface area contributed by atoms with Gasteiger partial charge in [0.2, 0.25) is 5.91 Å². The molecule has 0 aliphatic heterocycles. The molecule has 16 heteroatoms. The van der Waals surface area contributed by atoms with Gasteiger partial charge in [0.1, 0.15) is 6.33 Å². The van der Waals surface area contributed by atoms with Gasteiger partial charge in [0.05, 0.1) is 34.5 Å². The van der Waals surface area contributed by atoms with Gasteiger partial charge in [-0.15, -0.1) is 5.10 Å². The number of H-pyrrole nitrogens is 1. The van der Waals surface area contributed by atoms with Gasteiger partial charge in [-0.05, 0) is 63.9 Å². The second kappa shape index (κ2) is 13.2. The number of nitrogens with zero attached hydrogens (tertiary/aromatic N) is 5. The molecule has 14 nitrogen and oxygen atoms in total. The highest BCUT2D eigenvalue weighted by Crippen LogP contribution is 2.24. The molecule has 0 saturated carbocycles. The Morgan fingerprint density at radius 1 is 1.14 bits per heavy atom. The minimum atomic E-state index is -3.72. The first-order chi connectivity index (χ1) is 20.7. The molecule has 0 spiro atoms. The van der Waals surface area contributed by atoms with Crippen molar-refractivity contribution < 1.29 is 23.1 Å². The Labute approximate surface area is 257 Å². The summed E-state index contributed by atoms with van der Waals surface area (Å²) in [5.74, 6) is -1.28. The second-order valence-corrected chi connectivity index (χ2v) is 13.6. The molecule has 2 heterocycles. The number of carboxylic acid groups (broad SMARTS) is 1. The van der Waals surface area contributed by atoms with Gasteiger partial charge < -0.3 is 10.4 Å². The summed E-state index contributed by atoms with van der Waals surface area (Å²) in [7, 11) is -3.72. The lowest BCUT2D eigenvalue weighted by Crippen LogP contribution is -2.36. The molecule has 230 valence electrons. The number of aromatic nitrogens is 6. The Morgan fingerprint density at radius 2 is 1.86 bits per heavy atom. The van der Waals surface area contributed by atoms with Gasteiger partial charge in [-0.3, -0.25) is 14.9 Å². The van der Waals surface area contributed by atoms with Crippen molar-refractivity contribution >= 4 is 45.2 Å². The molecule has 44 heavy (non-hydrogen) atoms. The zero-order valence-corrected chi connectivity index (χ0v) is 25.4. The predicted octanol–water partition coefficient (Wildman–Crippen LogP) is 3.49. The maximum atomic E-state index is 13.2. The lowest BCUT2D eigenvalue weighted by atomic mass is 10.0. The summed E-state index contributed by atoms with van der Waals surface area (Å²) in [5, 5.41) is 31.8. The van der Waals surface area contributed by atoms with Crippen LogP contribution in [0.3, 0.4) is 0 Å². The Hall–Kier alpha value is -4.89. The van der Waals surface area contributed by atoms with Crippen LogP contribution in [0.4, 0.5) is 10.5 Å². The number of benzene rings is 2. The number of carbonyl (C=O) groups is 2. The maximum Gasteiger partial charge on any atom is 0.409 e. The fourth-order valence-corrected chi connectivity index (χ4v) is 6.75. The van der Waals surface area contributed by atoms with Crippen molar-refractivity contribution in [3.63, 3.8) is 0 Å². The summed E-state index contributed by atoms with van der Waals surface area (Å²) in [5.41, 5.74) is 0.901. The summed E-state index contributed by atoms with van der Waals surface area (Å²) in [6, 6.07) is 11.2. The minimum Gasteiger partial charge on any atom is -0.465 e. The lowest BCUT2D eigenvalue weighted by Gasteiger charge is -2.22. The molecule has 1 atom stereocenters. The van der Waals surface area contributed by atoms with Crippen molar-refractivity contribution in [2.45, 2.75) is 26.8 Å². The van der Waals surface area contributed by atoms with E-state index in [1.165, 1.54) is 53.5 Å². The van der Waals surface area contributed by atoms with Gasteiger partial charge in [0, 0.05) is 22.3 Å². The van der Waals surface area contributed by atoms with Gasteiger partial charge >= 0.3 is 6.09 Å². The third kappa shape index (κ3) is 8.81. The average Bonchev–Trinajstić information content (AvgIpc) is 3.45. The number of amides is 2. The van der Waals surface area contributed by atoms with E-state index in [-0.39, 0.29) is 17.0 Å². The zero-order chi connectivity index (χ0) is 32.1. The second-order valence-electron chi connectivity index (χ2n) is 11.0. The van der Waals surface area contributed by atoms with Crippen LogP contribution < -0.4 is 16.2 Å². The number of carbonyl (C=O) groups excluding carboxylic acids is 1. The van der Waals surface area contributed by atoms with E-state index in [1.54, 1.807) is 39.0 Å². The molecule has 0 bridgehead atoms. The van der Waals surface area contributed by atoms with E-state index in [9.17, 15) is 22.8 Å². The molecule has 0 saturated heterocycles. The Kier molecular flexibility index (Phi) is 9.59. The molecular weight excluding hydrogens is 612 g/mol. The van der Waals surface area contributed by atoms with Crippen molar-refractivity contribution in [2.75, 3.05) is 16.8 Å². The highest BCUT2D eigenvalue weighted by molar-refractivity contribution is 7.91. The third-order valence-electron chi connectivity index (χ3n) is 6.02. The number of aromatic amines is 1.